The van der Waals surface area contributed by atoms with Crippen molar-refractivity contribution in [3.05, 3.63) is 0 Å². The highest BCUT2D eigenvalue weighted by atomic mass is 16.7. The van der Waals surface area contributed by atoms with Gasteiger partial charge in [-0.3, -0.25) is 4.79 Å². The van der Waals surface area contributed by atoms with E-state index in [-0.39, 0.29) is 6.61 Å². The first-order valence-corrected chi connectivity index (χ1v) is 4.41. The molecule has 1 saturated heterocycles. The van der Waals surface area contributed by atoms with Gasteiger partial charge in [-0.05, 0) is 0 Å². The summed E-state index contributed by atoms with van der Waals surface area (Å²) in [7, 11) is 0. The van der Waals surface area contributed by atoms with Gasteiger partial charge in [0.2, 0.25) is 5.79 Å². The molecule has 0 radical (unpaired) electrons. The summed E-state index contributed by atoms with van der Waals surface area (Å²) in [6, 6.07) is 0. The summed E-state index contributed by atoms with van der Waals surface area (Å²) in [6.07, 6.45) is -4.11. The zero-order chi connectivity index (χ0) is 11.6. The van der Waals surface area contributed by atoms with Crippen molar-refractivity contribution in [3.63, 3.8) is 0 Å². The minimum Gasteiger partial charge on any atom is -0.463 e. The largest absolute Gasteiger partial charge is 0.463 e. The average molecular weight is 222 g/mol. The normalized spacial score (nSPS) is 40.5. The van der Waals surface area contributed by atoms with Gasteiger partial charge in [-0.2, -0.15) is 0 Å². The summed E-state index contributed by atoms with van der Waals surface area (Å²) in [5, 5.41) is 36.9. The molecule has 88 valence electrons. The molecule has 0 unspecified atom stereocenters. The van der Waals surface area contributed by atoms with Crippen molar-refractivity contribution in [1.82, 2.24) is 0 Å². The molecule has 0 aromatic heterocycles. The first kappa shape index (κ1) is 12.3. The number of carbonyl (C=O) groups excluding carboxylic acids is 1. The molecule has 0 spiro atoms. The molecule has 0 aromatic carbocycles. The molecule has 1 aliphatic rings. The zero-order valence-corrected chi connectivity index (χ0v) is 8.16. The van der Waals surface area contributed by atoms with E-state index in [1.165, 1.54) is 6.92 Å². The van der Waals surface area contributed by atoms with Gasteiger partial charge in [0.25, 0.3) is 0 Å². The fourth-order valence-electron chi connectivity index (χ4n) is 1.33. The first-order chi connectivity index (χ1) is 6.90. The smallest absolute Gasteiger partial charge is 0.302 e. The van der Waals surface area contributed by atoms with Crippen LogP contribution in [0.4, 0.5) is 0 Å². The first-order valence-electron chi connectivity index (χ1n) is 4.41. The van der Waals surface area contributed by atoms with Crippen LogP contribution in [0.3, 0.4) is 0 Å². The lowest BCUT2D eigenvalue weighted by atomic mass is 10.1. The lowest BCUT2D eigenvalue weighted by molar-refractivity contribution is -0.248. The van der Waals surface area contributed by atoms with E-state index in [4.69, 9.17) is 9.84 Å². The Hall–Kier alpha value is -0.730. The number of carbonyl (C=O) groups is 1. The van der Waals surface area contributed by atoms with Crippen LogP contribution in [-0.4, -0.2) is 63.7 Å². The van der Waals surface area contributed by atoms with Crippen LogP contribution < -0.4 is 0 Å². The maximum absolute atomic E-state index is 10.5. The van der Waals surface area contributed by atoms with E-state index < -0.39 is 36.7 Å². The molecule has 15 heavy (non-hydrogen) atoms. The van der Waals surface area contributed by atoms with E-state index in [1.807, 2.05) is 0 Å². The molecular weight excluding hydrogens is 208 g/mol. The molecule has 0 bridgehead atoms. The highest BCUT2D eigenvalue weighted by Gasteiger charge is 2.53. The molecule has 1 heterocycles. The number of aliphatic hydroxyl groups is 4. The number of hydrogen-bond donors (Lipinski definition) is 4. The third kappa shape index (κ3) is 2.44. The molecule has 1 aliphatic heterocycles. The van der Waals surface area contributed by atoms with Gasteiger partial charge in [-0.25, -0.2) is 0 Å². The molecule has 7 heteroatoms. The lowest BCUT2D eigenvalue weighted by Crippen LogP contribution is -2.46. The van der Waals surface area contributed by atoms with Gasteiger partial charge in [0.05, 0.1) is 6.61 Å². The average Bonchev–Trinajstić information content (AvgIpc) is 2.41. The van der Waals surface area contributed by atoms with E-state index in [1.54, 1.807) is 0 Å². The van der Waals surface area contributed by atoms with Gasteiger partial charge in [0.15, 0.2) is 0 Å². The topological polar surface area (TPSA) is 116 Å². The third-order valence-corrected chi connectivity index (χ3v) is 2.20. The minimum absolute atomic E-state index is 0.296. The second kappa shape index (κ2) is 4.42. The monoisotopic (exact) mass is 222 g/mol. The van der Waals surface area contributed by atoms with Crippen LogP contribution in [0.2, 0.25) is 0 Å². The van der Waals surface area contributed by atoms with Crippen molar-refractivity contribution >= 4 is 5.97 Å². The van der Waals surface area contributed by atoms with Gasteiger partial charge in [-0.15, -0.1) is 0 Å². The Bertz CT molecular complexity index is 243. The molecule has 1 fully saturated rings. The molecule has 4 atom stereocenters. The SMILES string of the molecule is CC(=O)OC[C@H]1O[C@](O)(CO)[C@@H](O)[C@@H]1O. The Morgan fingerprint density at radius 3 is 2.53 bits per heavy atom. The van der Waals surface area contributed by atoms with Crippen LogP contribution in [-0.2, 0) is 14.3 Å². The van der Waals surface area contributed by atoms with Crippen molar-refractivity contribution in [3.8, 4) is 0 Å². The quantitative estimate of drug-likeness (QED) is 0.385. The van der Waals surface area contributed by atoms with E-state index in [9.17, 15) is 20.1 Å². The second-order valence-corrected chi connectivity index (χ2v) is 3.40. The summed E-state index contributed by atoms with van der Waals surface area (Å²) in [4.78, 5) is 10.5. The van der Waals surface area contributed by atoms with Crippen molar-refractivity contribution in [2.75, 3.05) is 13.2 Å². The van der Waals surface area contributed by atoms with Crippen molar-refractivity contribution in [2.45, 2.75) is 31.0 Å². The van der Waals surface area contributed by atoms with Gasteiger partial charge in [-0.1, -0.05) is 0 Å². The number of hydrogen-bond acceptors (Lipinski definition) is 7. The van der Waals surface area contributed by atoms with Crippen LogP contribution in [0.1, 0.15) is 6.92 Å². The molecule has 0 saturated carbocycles. The van der Waals surface area contributed by atoms with Crippen LogP contribution in [0.15, 0.2) is 0 Å². The number of ether oxygens (including phenoxy) is 2. The fourth-order valence-corrected chi connectivity index (χ4v) is 1.33. The number of aliphatic hydroxyl groups excluding tert-OH is 3. The predicted octanol–water partition coefficient (Wildman–Crippen LogP) is -2.65. The molecule has 0 amide bonds. The van der Waals surface area contributed by atoms with Crippen LogP contribution >= 0.6 is 0 Å². The van der Waals surface area contributed by atoms with Gasteiger partial charge in [0, 0.05) is 6.92 Å². The van der Waals surface area contributed by atoms with E-state index >= 15 is 0 Å². The number of esters is 1. The standard InChI is InChI=1S/C8H14O7/c1-4(10)14-2-5-6(11)7(12)8(13,3-9)15-5/h5-7,9,11-13H,2-3H2,1H3/t5-,6-,7+,8-/m1/s1. The highest BCUT2D eigenvalue weighted by molar-refractivity contribution is 5.65. The summed E-state index contributed by atoms with van der Waals surface area (Å²) in [6.45, 7) is 0.0215. The van der Waals surface area contributed by atoms with Crippen LogP contribution in [0, 0.1) is 0 Å². The zero-order valence-electron chi connectivity index (χ0n) is 8.16. The highest BCUT2D eigenvalue weighted by Crippen LogP contribution is 2.28. The Balaban J connectivity index is 2.59. The predicted molar refractivity (Wildman–Crippen MR) is 45.6 cm³/mol. The Morgan fingerprint density at radius 1 is 1.53 bits per heavy atom. The summed E-state index contributed by atoms with van der Waals surface area (Å²) in [5.41, 5.74) is 0. The molecule has 7 nitrogen and oxygen atoms in total. The van der Waals surface area contributed by atoms with Gasteiger partial charge in [0.1, 0.15) is 24.9 Å². The van der Waals surface area contributed by atoms with E-state index in [2.05, 4.69) is 4.74 Å². The maximum atomic E-state index is 10.5. The molecular formula is C8H14O7. The maximum Gasteiger partial charge on any atom is 0.302 e. The van der Waals surface area contributed by atoms with E-state index in [0.717, 1.165) is 0 Å². The Labute approximate surface area is 85.9 Å². The Kier molecular flexibility index (Phi) is 3.63. The van der Waals surface area contributed by atoms with Gasteiger partial charge < -0.3 is 29.9 Å². The van der Waals surface area contributed by atoms with E-state index in [0.29, 0.717) is 0 Å². The minimum atomic E-state index is -2.20. The van der Waals surface area contributed by atoms with Crippen LogP contribution in [0.5, 0.6) is 0 Å². The molecule has 0 aromatic rings. The summed E-state index contributed by atoms with van der Waals surface area (Å²) >= 11 is 0. The van der Waals surface area contributed by atoms with Crippen molar-refractivity contribution in [2.24, 2.45) is 0 Å². The lowest BCUT2D eigenvalue weighted by Gasteiger charge is -2.22. The van der Waals surface area contributed by atoms with Gasteiger partial charge >= 0.3 is 5.97 Å². The Morgan fingerprint density at radius 2 is 2.13 bits per heavy atom. The fraction of sp³-hybridized carbons (Fsp3) is 0.875. The second-order valence-electron chi connectivity index (χ2n) is 3.40. The molecule has 4 N–H and O–H groups in total. The molecule has 0 aliphatic carbocycles. The third-order valence-electron chi connectivity index (χ3n) is 2.20. The van der Waals surface area contributed by atoms with Crippen molar-refractivity contribution < 1.29 is 34.7 Å². The number of rotatable bonds is 3. The van der Waals surface area contributed by atoms with Crippen LogP contribution in [0.25, 0.3) is 0 Å². The van der Waals surface area contributed by atoms with Crippen molar-refractivity contribution in [1.29, 1.82) is 0 Å². The summed E-state index contributed by atoms with van der Waals surface area (Å²) < 4.78 is 9.36. The molecule has 1 rings (SSSR count). The summed E-state index contributed by atoms with van der Waals surface area (Å²) in [5.74, 6) is -2.77.